The summed E-state index contributed by atoms with van der Waals surface area (Å²) >= 11 is 10.5. The van der Waals surface area contributed by atoms with E-state index in [0.717, 1.165) is 4.47 Å². The minimum absolute atomic E-state index is 0.337. The number of fused-ring (bicyclic) bond motifs is 1. The van der Waals surface area contributed by atoms with E-state index in [-0.39, 0.29) is 5.82 Å². The van der Waals surface area contributed by atoms with Crippen molar-refractivity contribution in [3.8, 4) is 0 Å². The van der Waals surface area contributed by atoms with E-state index in [1.54, 1.807) is 12.1 Å². The molecular weight excluding hydrogens is 355 g/mol. The Bertz CT molecular complexity index is 733. The fourth-order valence-corrected chi connectivity index (χ4v) is 3.54. The Hall–Kier alpha value is -0.880. The molecule has 0 aliphatic rings. The Labute approximate surface area is 125 Å². The molecule has 0 aliphatic heterocycles. The molecule has 0 fully saturated rings. The summed E-state index contributed by atoms with van der Waals surface area (Å²) in [5.41, 5.74) is 0.539. The highest BCUT2D eigenvalue weighted by Crippen LogP contribution is 2.38. The van der Waals surface area contributed by atoms with Crippen LogP contribution in [0.15, 0.2) is 39.2 Å². The lowest BCUT2D eigenvalue weighted by molar-refractivity contribution is 0.196. The molecule has 0 saturated carbocycles. The molecule has 1 atom stereocenters. The van der Waals surface area contributed by atoms with Gasteiger partial charge in [-0.3, -0.25) is 0 Å². The van der Waals surface area contributed by atoms with E-state index >= 15 is 0 Å². The van der Waals surface area contributed by atoms with Gasteiger partial charge >= 0.3 is 0 Å². The average molecular weight is 362 g/mol. The van der Waals surface area contributed by atoms with Crippen LogP contribution in [-0.2, 0) is 0 Å². The van der Waals surface area contributed by atoms with Crippen LogP contribution in [0, 0.1) is 5.82 Å². The van der Waals surface area contributed by atoms with Crippen LogP contribution in [0.1, 0.15) is 16.7 Å². The van der Waals surface area contributed by atoms with Crippen LogP contribution in [0.25, 0.3) is 11.0 Å². The lowest BCUT2D eigenvalue weighted by atomic mass is 10.2. The maximum absolute atomic E-state index is 13.1. The minimum Gasteiger partial charge on any atom is -0.458 e. The molecular formula is C13H7BrClFO2S. The molecule has 0 radical (unpaired) electrons. The van der Waals surface area contributed by atoms with Crippen molar-refractivity contribution in [1.29, 1.82) is 0 Å². The molecule has 0 amide bonds. The quantitative estimate of drug-likeness (QED) is 0.686. The second-order valence-electron chi connectivity index (χ2n) is 4.00. The van der Waals surface area contributed by atoms with Gasteiger partial charge in [0, 0.05) is 14.7 Å². The number of rotatable bonds is 2. The standard InChI is InChI=1S/C13H7BrClFO2S/c14-8-5-11(19-13(8)15)12(17)10-4-6-3-7(16)1-2-9(6)18-10/h1-5,12,17H. The maximum Gasteiger partial charge on any atom is 0.146 e. The predicted molar refractivity (Wildman–Crippen MR) is 77.3 cm³/mol. The number of furan rings is 1. The summed E-state index contributed by atoms with van der Waals surface area (Å²) in [5, 5.41) is 10.9. The van der Waals surface area contributed by atoms with Crippen molar-refractivity contribution in [2.24, 2.45) is 0 Å². The van der Waals surface area contributed by atoms with Gasteiger partial charge in [0.2, 0.25) is 0 Å². The van der Waals surface area contributed by atoms with Crippen molar-refractivity contribution in [3.63, 3.8) is 0 Å². The molecule has 0 spiro atoms. The lowest BCUT2D eigenvalue weighted by Crippen LogP contribution is -1.93. The van der Waals surface area contributed by atoms with E-state index in [1.165, 1.54) is 29.5 Å². The zero-order valence-electron chi connectivity index (χ0n) is 9.36. The van der Waals surface area contributed by atoms with Crippen LogP contribution in [0.5, 0.6) is 0 Å². The van der Waals surface area contributed by atoms with E-state index in [0.29, 0.717) is 25.9 Å². The summed E-state index contributed by atoms with van der Waals surface area (Å²) in [5.74, 6) is 0.0299. The van der Waals surface area contributed by atoms with E-state index in [4.69, 9.17) is 16.0 Å². The molecule has 19 heavy (non-hydrogen) atoms. The molecule has 2 aromatic heterocycles. The first-order valence-electron chi connectivity index (χ1n) is 5.36. The first-order valence-corrected chi connectivity index (χ1v) is 7.35. The van der Waals surface area contributed by atoms with Gasteiger partial charge in [-0.05, 0) is 46.3 Å². The topological polar surface area (TPSA) is 33.4 Å². The molecule has 1 aromatic carbocycles. The van der Waals surface area contributed by atoms with Crippen molar-refractivity contribution in [2.75, 3.05) is 0 Å². The van der Waals surface area contributed by atoms with Gasteiger partial charge in [0.25, 0.3) is 0 Å². The molecule has 3 aromatic rings. The van der Waals surface area contributed by atoms with Crippen LogP contribution < -0.4 is 0 Å². The van der Waals surface area contributed by atoms with Crippen molar-refractivity contribution in [1.82, 2.24) is 0 Å². The highest BCUT2D eigenvalue weighted by molar-refractivity contribution is 9.10. The van der Waals surface area contributed by atoms with Crippen LogP contribution in [0.4, 0.5) is 4.39 Å². The summed E-state index contributed by atoms with van der Waals surface area (Å²) in [6.45, 7) is 0. The number of aliphatic hydroxyl groups excluding tert-OH is 1. The number of benzene rings is 1. The second kappa shape index (κ2) is 4.90. The van der Waals surface area contributed by atoms with Crippen molar-refractivity contribution in [2.45, 2.75) is 6.10 Å². The Morgan fingerprint density at radius 3 is 2.79 bits per heavy atom. The zero-order chi connectivity index (χ0) is 13.6. The minimum atomic E-state index is -0.913. The smallest absolute Gasteiger partial charge is 0.146 e. The molecule has 0 aliphatic carbocycles. The number of hydrogen-bond acceptors (Lipinski definition) is 3. The van der Waals surface area contributed by atoms with Gasteiger partial charge in [-0.1, -0.05) is 11.6 Å². The fourth-order valence-electron chi connectivity index (χ4n) is 1.81. The molecule has 1 N–H and O–H groups in total. The van der Waals surface area contributed by atoms with Crippen molar-refractivity contribution < 1.29 is 13.9 Å². The van der Waals surface area contributed by atoms with Crippen LogP contribution in [0.2, 0.25) is 4.34 Å². The predicted octanol–water partition coefficient (Wildman–Crippen LogP) is 5.13. The van der Waals surface area contributed by atoms with Crippen LogP contribution in [0.3, 0.4) is 0 Å². The number of hydrogen-bond donors (Lipinski definition) is 1. The normalized spacial score (nSPS) is 13.1. The summed E-state index contributed by atoms with van der Waals surface area (Å²) in [6.07, 6.45) is -0.913. The molecule has 0 bridgehead atoms. The number of halogens is 3. The van der Waals surface area contributed by atoms with Gasteiger partial charge in [0.05, 0.1) is 0 Å². The highest BCUT2D eigenvalue weighted by Gasteiger charge is 2.19. The van der Waals surface area contributed by atoms with Gasteiger partial charge in [-0.25, -0.2) is 4.39 Å². The first kappa shape index (κ1) is 13.1. The Balaban J connectivity index is 2.03. The molecule has 2 nitrogen and oxygen atoms in total. The average Bonchev–Trinajstić information content (AvgIpc) is 2.92. The monoisotopic (exact) mass is 360 g/mol. The van der Waals surface area contributed by atoms with Crippen LogP contribution >= 0.6 is 38.9 Å². The highest BCUT2D eigenvalue weighted by atomic mass is 79.9. The summed E-state index contributed by atoms with van der Waals surface area (Å²) in [7, 11) is 0. The summed E-state index contributed by atoms with van der Waals surface area (Å²) in [4.78, 5) is 0.663. The molecule has 2 heterocycles. The maximum atomic E-state index is 13.1. The third-order valence-electron chi connectivity index (χ3n) is 2.70. The lowest BCUT2D eigenvalue weighted by Gasteiger charge is -2.03. The largest absolute Gasteiger partial charge is 0.458 e. The summed E-state index contributed by atoms with van der Waals surface area (Å²) < 4.78 is 19.9. The van der Waals surface area contributed by atoms with Gasteiger partial charge in [-0.2, -0.15) is 0 Å². The molecule has 98 valence electrons. The van der Waals surface area contributed by atoms with Gasteiger partial charge < -0.3 is 9.52 Å². The van der Waals surface area contributed by atoms with E-state index < -0.39 is 6.10 Å². The number of thiophene rings is 1. The molecule has 3 rings (SSSR count). The van der Waals surface area contributed by atoms with E-state index in [1.807, 2.05) is 0 Å². The van der Waals surface area contributed by atoms with Crippen LogP contribution in [-0.4, -0.2) is 5.11 Å². The summed E-state index contributed by atoms with van der Waals surface area (Å²) in [6, 6.07) is 7.60. The second-order valence-corrected chi connectivity index (χ2v) is 6.54. The zero-order valence-corrected chi connectivity index (χ0v) is 12.5. The Kier molecular flexibility index (Phi) is 3.39. The Morgan fingerprint density at radius 2 is 2.11 bits per heavy atom. The van der Waals surface area contributed by atoms with Gasteiger partial charge in [0.15, 0.2) is 0 Å². The third-order valence-corrected chi connectivity index (χ3v) is 5.23. The fraction of sp³-hybridized carbons (Fsp3) is 0.0769. The van der Waals surface area contributed by atoms with Gasteiger partial charge in [0.1, 0.15) is 27.6 Å². The van der Waals surface area contributed by atoms with E-state index in [9.17, 15) is 9.50 Å². The van der Waals surface area contributed by atoms with Crippen molar-refractivity contribution >= 4 is 49.8 Å². The first-order chi connectivity index (χ1) is 9.04. The van der Waals surface area contributed by atoms with E-state index in [2.05, 4.69) is 15.9 Å². The van der Waals surface area contributed by atoms with Crippen molar-refractivity contribution in [3.05, 3.63) is 55.6 Å². The third kappa shape index (κ3) is 2.43. The SMILES string of the molecule is OC(c1cc2cc(F)ccc2o1)c1cc(Br)c(Cl)s1. The molecule has 1 unspecified atom stereocenters. The molecule has 0 saturated heterocycles. The number of aliphatic hydroxyl groups is 1. The van der Waals surface area contributed by atoms with Gasteiger partial charge in [-0.15, -0.1) is 11.3 Å². The Morgan fingerprint density at radius 1 is 1.32 bits per heavy atom. The molecule has 6 heteroatoms.